The molecule has 1 N–H and O–H groups in total. The average molecular weight is 313 g/mol. The first-order chi connectivity index (χ1) is 9.88. The molecule has 0 aliphatic carbocycles. The number of halogens is 1. The van der Waals surface area contributed by atoms with Crippen LogP contribution >= 0.6 is 0 Å². The average Bonchev–Trinajstić information content (AvgIpc) is 2.99. The summed E-state index contributed by atoms with van der Waals surface area (Å²) in [4.78, 5) is 11.2. The minimum Gasteiger partial charge on any atom is -0.481 e. The first kappa shape index (κ1) is 14.5. The summed E-state index contributed by atoms with van der Waals surface area (Å²) in [6.07, 6.45) is 1.71. The Labute approximate surface area is 122 Å². The van der Waals surface area contributed by atoms with Gasteiger partial charge in [-0.2, -0.15) is 4.31 Å². The van der Waals surface area contributed by atoms with E-state index in [0.717, 1.165) is 6.42 Å². The molecular weight excluding hydrogens is 297 g/mol. The molecule has 5 nitrogen and oxygen atoms in total. The minimum absolute atomic E-state index is 0.207. The van der Waals surface area contributed by atoms with Crippen LogP contribution in [-0.4, -0.2) is 35.9 Å². The number of nitrogens with zero attached hydrogens (tertiary/aromatic N) is 1. The first-order valence-corrected chi connectivity index (χ1v) is 8.48. The normalized spacial score (nSPS) is 28.9. The van der Waals surface area contributed by atoms with Crippen molar-refractivity contribution in [2.45, 2.75) is 37.1 Å². The summed E-state index contributed by atoms with van der Waals surface area (Å²) in [5.41, 5.74) is 0.509. The Morgan fingerprint density at radius 2 is 1.95 bits per heavy atom. The number of fused-ring (bicyclic) bond motifs is 2. The second kappa shape index (κ2) is 5.06. The van der Waals surface area contributed by atoms with Gasteiger partial charge < -0.3 is 5.11 Å². The Morgan fingerprint density at radius 3 is 2.52 bits per heavy atom. The Morgan fingerprint density at radius 1 is 1.29 bits per heavy atom. The van der Waals surface area contributed by atoms with Crippen molar-refractivity contribution in [3.8, 4) is 0 Å². The van der Waals surface area contributed by atoms with E-state index in [-0.39, 0.29) is 11.8 Å². The van der Waals surface area contributed by atoms with E-state index >= 15 is 0 Å². The van der Waals surface area contributed by atoms with Gasteiger partial charge >= 0.3 is 5.97 Å². The third-order valence-electron chi connectivity index (χ3n) is 4.37. The van der Waals surface area contributed by atoms with E-state index < -0.39 is 33.8 Å². The molecule has 3 rings (SSSR count). The van der Waals surface area contributed by atoms with Crippen molar-refractivity contribution in [3.05, 3.63) is 35.6 Å². The molecule has 1 aromatic carbocycles. The molecule has 0 amide bonds. The molecule has 2 fully saturated rings. The summed E-state index contributed by atoms with van der Waals surface area (Å²) in [6, 6.07) is 4.70. The molecule has 0 spiro atoms. The molecule has 3 unspecified atom stereocenters. The lowest BCUT2D eigenvalue weighted by Crippen LogP contribution is -2.38. The summed E-state index contributed by atoms with van der Waals surface area (Å²) in [6.45, 7) is 0. The molecule has 1 aromatic rings. The van der Waals surface area contributed by atoms with E-state index in [1.165, 1.54) is 28.6 Å². The fourth-order valence-electron chi connectivity index (χ4n) is 3.50. The Hall–Kier alpha value is -1.47. The lowest BCUT2D eigenvalue weighted by atomic mass is 9.89. The molecule has 21 heavy (non-hydrogen) atoms. The molecule has 7 heteroatoms. The van der Waals surface area contributed by atoms with Gasteiger partial charge in [-0.3, -0.25) is 4.79 Å². The lowest BCUT2D eigenvalue weighted by molar-refractivity contribution is -0.142. The van der Waals surface area contributed by atoms with E-state index in [2.05, 4.69) is 0 Å². The zero-order valence-corrected chi connectivity index (χ0v) is 12.1. The van der Waals surface area contributed by atoms with E-state index in [1.807, 2.05) is 0 Å². The van der Waals surface area contributed by atoms with Crippen molar-refractivity contribution >= 4 is 16.0 Å². The second-order valence-electron chi connectivity index (χ2n) is 5.69. The highest BCUT2D eigenvalue weighted by molar-refractivity contribution is 7.88. The summed E-state index contributed by atoms with van der Waals surface area (Å²) in [5.74, 6) is -2.16. The van der Waals surface area contributed by atoms with Crippen LogP contribution in [0, 0.1) is 11.7 Å². The van der Waals surface area contributed by atoms with Crippen LogP contribution in [0.5, 0.6) is 0 Å². The fourth-order valence-corrected chi connectivity index (χ4v) is 5.58. The summed E-state index contributed by atoms with van der Waals surface area (Å²) >= 11 is 0. The monoisotopic (exact) mass is 313 g/mol. The maximum absolute atomic E-state index is 12.9. The third kappa shape index (κ3) is 2.55. The number of hydrogen-bond acceptors (Lipinski definition) is 3. The van der Waals surface area contributed by atoms with Crippen molar-refractivity contribution in [1.29, 1.82) is 0 Å². The molecule has 3 atom stereocenters. The molecule has 0 saturated carbocycles. The predicted molar refractivity (Wildman–Crippen MR) is 73.4 cm³/mol. The minimum atomic E-state index is -3.58. The third-order valence-corrected chi connectivity index (χ3v) is 6.28. The molecule has 0 aromatic heterocycles. The highest BCUT2D eigenvalue weighted by Crippen LogP contribution is 2.44. The second-order valence-corrected chi connectivity index (χ2v) is 7.57. The zero-order chi connectivity index (χ0) is 15.2. The lowest BCUT2D eigenvalue weighted by Gasteiger charge is -2.22. The first-order valence-electron chi connectivity index (χ1n) is 6.87. The van der Waals surface area contributed by atoms with Crippen molar-refractivity contribution < 1.29 is 22.7 Å². The van der Waals surface area contributed by atoms with Crippen molar-refractivity contribution in [1.82, 2.24) is 4.31 Å². The van der Waals surface area contributed by atoms with E-state index in [9.17, 15) is 22.7 Å². The Kier molecular flexibility index (Phi) is 3.49. The van der Waals surface area contributed by atoms with Gasteiger partial charge in [0.15, 0.2) is 0 Å². The van der Waals surface area contributed by atoms with Crippen LogP contribution in [0.2, 0.25) is 0 Å². The van der Waals surface area contributed by atoms with Gasteiger partial charge in [0, 0.05) is 12.1 Å². The van der Waals surface area contributed by atoms with Gasteiger partial charge in [0.1, 0.15) is 5.82 Å². The Balaban J connectivity index is 1.82. The van der Waals surface area contributed by atoms with Gasteiger partial charge in [-0.05, 0) is 37.0 Å². The van der Waals surface area contributed by atoms with Gasteiger partial charge in [0.25, 0.3) is 0 Å². The maximum Gasteiger partial charge on any atom is 0.308 e. The van der Waals surface area contributed by atoms with E-state index in [4.69, 9.17) is 0 Å². The number of rotatable bonds is 4. The van der Waals surface area contributed by atoms with Crippen LogP contribution in [0.3, 0.4) is 0 Å². The molecule has 2 bridgehead atoms. The summed E-state index contributed by atoms with van der Waals surface area (Å²) in [5, 5.41) is 9.18. The smallest absolute Gasteiger partial charge is 0.308 e. The molecule has 2 aliphatic rings. The number of hydrogen-bond donors (Lipinski definition) is 1. The van der Waals surface area contributed by atoms with Gasteiger partial charge in [-0.1, -0.05) is 12.1 Å². The van der Waals surface area contributed by atoms with Crippen molar-refractivity contribution in [2.75, 3.05) is 0 Å². The highest BCUT2D eigenvalue weighted by atomic mass is 32.2. The van der Waals surface area contributed by atoms with Crippen molar-refractivity contribution in [3.63, 3.8) is 0 Å². The van der Waals surface area contributed by atoms with Crippen LogP contribution in [0.4, 0.5) is 4.39 Å². The van der Waals surface area contributed by atoms with Crippen LogP contribution in [0.25, 0.3) is 0 Å². The maximum atomic E-state index is 12.9. The van der Waals surface area contributed by atoms with Gasteiger partial charge in [0.05, 0.1) is 11.7 Å². The number of benzene rings is 1. The van der Waals surface area contributed by atoms with Crippen LogP contribution in [-0.2, 0) is 20.6 Å². The number of aliphatic carboxylic acids is 1. The summed E-state index contributed by atoms with van der Waals surface area (Å²) in [7, 11) is -3.58. The van der Waals surface area contributed by atoms with Crippen molar-refractivity contribution in [2.24, 2.45) is 5.92 Å². The molecule has 0 radical (unpaired) electrons. The van der Waals surface area contributed by atoms with Crippen LogP contribution in [0.1, 0.15) is 24.8 Å². The number of carboxylic acid groups (broad SMARTS) is 1. The number of carbonyl (C=O) groups is 1. The molecule has 2 saturated heterocycles. The quantitative estimate of drug-likeness (QED) is 0.916. The Bertz CT molecular complexity index is 658. The fraction of sp³-hybridized carbons (Fsp3) is 0.500. The van der Waals surface area contributed by atoms with Gasteiger partial charge in [-0.25, -0.2) is 12.8 Å². The van der Waals surface area contributed by atoms with E-state index in [1.54, 1.807) is 0 Å². The highest BCUT2D eigenvalue weighted by Gasteiger charge is 2.53. The van der Waals surface area contributed by atoms with Gasteiger partial charge in [-0.15, -0.1) is 0 Å². The largest absolute Gasteiger partial charge is 0.481 e. The SMILES string of the molecule is O=C(O)C1CC2CCC1N2S(=O)(=O)Cc1ccc(F)cc1. The predicted octanol–water partition coefficient (Wildman–Crippen LogP) is 1.59. The molecule has 114 valence electrons. The molecule has 2 aliphatic heterocycles. The zero-order valence-electron chi connectivity index (χ0n) is 11.3. The molecule has 2 heterocycles. The standard InChI is InChI=1S/C14H16FNO4S/c15-10-3-1-9(2-4-10)8-21(19,20)16-11-5-6-13(16)12(7-11)14(17)18/h1-4,11-13H,5-8H2,(H,17,18). The number of carboxylic acids is 1. The number of sulfonamides is 1. The van der Waals surface area contributed by atoms with Crippen LogP contribution < -0.4 is 0 Å². The van der Waals surface area contributed by atoms with Gasteiger partial charge in [0.2, 0.25) is 10.0 Å². The molecular formula is C14H16FNO4S. The van der Waals surface area contributed by atoms with Crippen LogP contribution in [0.15, 0.2) is 24.3 Å². The van der Waals surface area contributed by atoms with E-state index in [0.29, 0.717) is 18.4 Å². The summed E-state index contributed by atoms with van der Waals surface area (Å²) < 4.78 is 39.4. The topological polar surface area (TPSA) is 74.7 Å².